The van der Waals surface area contributed by atoms with Gasteiger partial charge in [-0.15, -0.1) is 0 Å². The van der Waals surface area contributed by atoms with Crippen LogP contribution in [-0.4, -0.2) is 30.0 Å². The summed E-state index contributed by atoms with van der Waals surface area (Å²) in [6.07, 6.45) is 3.07. The second kappa shape index (κ2) is 5.21. The van der Waals surface area contributed by atoms with Gasteiger partial charge in [0, 0.05) is 31.3 Å². The zero-order valence-electron chi connectivity index (χ0n) is 11.3. The Morgan fingerprint density at radius 2 is 2.37 bits per heavy atom. The van der Waals surface area contributed by atoms with Crippen molar-refractivity contribution in [1.82, 2.24) is 5.16 Å². The molecule has 1 N–H and O–H groups in total. The van der Waals surface area contributed by atoms with Gasteiger partial charge in [0.05, 0.1) is 11.1 Å². The Balaban J connectivity index is 2.00. The summed E-state index contributed by atoms with van der Waals surface area (Å²) in [5.41, 5.74) is 3.13. The molecule has 2 heterocycles. The van der Waals surface area contributed by atoms with Gasteiger partial charge in [-0.05, 0) is 25.0 Å². The molecular formula is C15H20N2O2. The molecule has 4 heteroatoms. The van der Waals surface area contributed by atoms with Gasteiger partial charge in [0.25, 0.3) is 0 Å². The Bertz CT molecular complexity index is 564. The van der Waals surface area contributed by atoms with Crippen LogP contribution >= 0.6 is 0 Å². The minimum Gasteiger partial charge on any atom is -0.396 e. The molecule has 0 saturated carbocycles. The Kier molecular flexibility index (Phi) is 3.42. The SMILES string of the molecule is CCCc1noc2cccc(N3CC[C@H](CO)C3)c12. The number of benzene rings is 1. The highest BCUT2D eigenvalue weighted by atomic mass is 16.5. The highest BCUT2D eigenvalue weighted by molar-refractivity contribution is 5.93. The van der Waals surface area contributed by atoms with Gasteiger partial charge in [-0.3, -0.25) is 0 Å². The first-order valence-electron chi connectivity index (χ1n) is 7.06. The summed E-state index contributed by atoms with van der Waals surface area (Å²) in [4.78, 5) is 2.35. The Hall–Kier alpha value is -1.55. The maximum absolute atomic E-state index is 9.29. The second-order valence-electron chi connectivity index (χ2n) is 5.31. The largest absolute Gasteiger partial charge is 0.396 e. The lowest BCUT2D eigenvalue weighted by atomic mass is 10.1. The van der Waals surface area contributed by atoms with E-state index in [1.54, 1.807) is 0 Å². The number of fused-ring (bicyclic) bond motifs is 1. The van der Waals surface area contributed by atoms with Crippen molar-refractivity contribution in [2.75, 3.05) is 24.6 Å². The molecule has 0 unspecified atom stereocenters. The van der Waals surface area contributed by atoms with Crippen LogP contribution in [0.5, 0.6) is 0 Å². The summed E-state index contributed by atoms with van der Waals surface area (Å²) in [7, 11) is 0. The van der Waals surface area contributed by atoms with Crippen LogP contribution in [0, 0.1) is 5.92 Å². The number of hydrogen-bond acceptors (Lipinski definition) is 4. The summed E-state index contributed by atoms with van der Waals surface area (Å²) in [5, 5.41) is 14.6. The standard InChI is InChI=1S/C15H20N2O2/c1-2-4-12-15-13(5-3-6-14(15)19-16-12)17-8-7-11(9-17)10-18/h3,5-6,11,18H,2,4,7-10H2,1H3/t11-/m0/s1. The molecule has 2 aromatic rings. The number of aryl methyl sites for hydroxylation is 1. The summed E-state index contributed by atoms with van der Waals surface area (Å²) >= 11 is 0. The quantitative estimate of drug-likeness (QED) is 0.918. The smallest absolute Gasteiger partial charge is 0.169 e. The fourth-order valence-corrected chi connectivity index (χ4v) is 2.91. The van der Waals surface area contributed by atoms with Gasteiger partial charge < -0.3 is 14.5 Å². The zero-order valence-corrected chi connectivity index (χ0v) is 11.3. The van der Waals surface area contributed by atoms with Crippen molar-refractivity contribution in [3.8, 4) is 0 Å². The Labute approximate surface area is 113 Å². The van der Waals surface area contributed by atoms with Gasteiger partial charge in [0.1, 0.15) is 0 Å². The van der Waals surface area contributed by atoms with E-state index >= 15 is 0 Å². The number of nitrogens with zero attached hydrogens (tertiary/aromatic N) is 2. The molecule has 0 bridgehead atoms. The molecule has 1 aliphatic rings. The van der Waals surface area contributed by atoms with E-state index in [2.05, 4.69) is 23.0 Å². The van der Waals surface area contributed by atoms with Crippen LogP contribution in [0.3, 0.4) is 0 Å². The number of rotatable bonds is 4. The van der Waals surface area contributed by atoms with Gasteiger partial charge in [0.15, 0.2) is 5.58 Å². The fourth-order valence-electron chi connectivity index (χ4n) is 2.91. The summed E-state index contributed by atoms with van der Waals surface area (Å²) in [5.74, 6) is 0.393. The average Bonchev–Trinajstić information content (AvgIpc) is 3.06. The van der Waals surface area contributed by atoms with Crippen LogP contribution in [0.25, 0.3) is 11.0 Å². The lowest BCUT2D eigenvalue weighted by Gasteiger charge is -2.19. The van der Waals surface area contributed by atoms with Gasteiger partial charge >= 0.3 is 0 Å². The van der Waals surface area contributed by atoms with E-state index in [1.807, 2.05) is 12.1 Å². The van der Waals surface area contributed by atoms with Gasteiger partial charge in [-0.25, -0.2) is 0 Å². The van der Waals surface area contributed by atoms with Crippen LogP contribution in [-0.2, 0) is 6.42 Å². The van der Waals surface area contributed by atoms with Crippen molar-refractivity contribution in [1.29, 1.82) is 0 Å². The number of hydrogen-bond donors (Lipinski definition) is 1. The molecule has 1 aliphatic heterocycles. The third-order valence-corrected chi connectivity index (χ3v) is 3.92. The molecule has 1 aromatic heterocycles. The van der Waals surface area contributed by atoms with Crippen LogP contribution in [0.15, 0.2) is 22.7 Å². The Morgan fingerprint density at radius 1 is 1.47 bits per heavy atom. The number of anilines is 1. The normalized spacial score (nSPS) is 19.5. The van der Waals surface area contributed by atoms with E-state index in [4.69, 9.17) is 4.52 Å². The van der Waals surface area contributed by atoms with Crippen LogP contribution in [0.1, 0.15) is 25.5 Å². The molecule has 0 aliphatic carbocycles. The van der Waals surface area contributed by atoms with Crippen molar-refractivity contribution >= 4 is 16.7 Å². The minimum absolute atomic E-state index is 0.276. The number of aromatic nitrogens is 1. The molecule has 3 rings (SSSR count). The molecule has 102 valence electrons. The topological polar surface area (TPSA) is 49.5 Å². The fraction of sp³-hybridized carbons (Fsp3) is 0.533. The predicted molar refractivity (Wildman–Crippen MR) is 75.4 cm³/mol. The van der Waals surface area contributed by atoms with Gasteiger partial charge in [-0.2, -0.15) is 0 Å². The molecular weight excluding hydrogens is 240 g/mol. The van der Waals surface area contributed by atoms with Gasteiger partial charge in [-0.1, -0.05) is 24.6 Å². The number of aliphatic hydroxyl groups excluding tert-OH is 1. The van der Waals surface area contributed by atoms with E-state index in [0.717, 1.165) is 49.0 Å². The maximum Gasteiger partial charge on any atom is 0.169 e. The van der Waals surface area contributed by atoms with Gasteiger partial charge in [0.2, 0.25) is 0 Å². The molecule has 1 fully saturated rings. The summed E-state index contributed by atoms with van der Waals surface area (Å²) in [6, 6.07) is 6.13. The molecule has 0 spiro atoms. The van der Waals surface area contributed by atoms with Crippen LogP contribution < -0.4 is 4.90 Å². The van der Waals surface area contributed by atoms with E-state index in [1.165, 1.54) is 5.69 Å². The first kappa shape index (κ1) is 12.5. The van der Waals surface area contributed by atoms with Crippen molar-refractivity contribution in [3.05, 3.63) is 23.9 Å². The zero-order chi connectivity index (χ0) is 13.2. The van der Waals surface area contributed by atoms with Crippen molar-refractivity contribution in [2.24, 2.45) is 5.92 Å². The van der Waals surface area contributed by atoms with Crippen molar-refractivity contribution in [2.45, 2.75) is 26.2 Å². The summed E-state index contributed by atoms with van der Waals surface area (Å²) < 4.78 is 5.43. The number of aliphatic hydroxyl groups is 1. The molecule has 4 nitrogen and oxygen atoms in total. The molecule has 1 saturated heterocycles. The predicted octanol–water partition coefficient (Wildman–Crippen LogP) is 2.60. The lowest BCUT2D eigenvalue weighted by molar-refractivity contribution is 0.238. The minimum atomic E-state index is 0.276. The third kappa shape index (κ3) is 2.21. The van der Waals surface area contributed by atoms with Crippen LogP contribution in [0.2, 0.25) is 0 Å². The van der Waals surface area contributed by atoms with E-state index in [9.17, 15) is 5.11 Å². The average molecular weight is 260 g/mol. The molecule has 1 aromatic carbocycles. The van der Waals surface area contributed by atoms with Crippen molar-refractivity contribution in [3.63, 3.8) is 0 Å². The highest BCUT2D eigenvalue weighted by Gasteiger charge is 2.24. The molecule has 0 radical (unpaired) electrons. The lowest BCUT2D eigenvalue weighted by Crippen LogP contribution is -2.20. The third-order valence-electron chi connectivity index (χ3n) is 3.92. The van der Waals surface area contributed by atoms with Crippen LogP contribution in [0.4, 0.5) is 5.69 Å². The Morgan fingerprint density at radius 3 is 3.11 bits per heavy atom. The van der Waals surface area contributed by atoms with E-state index in [0.29, 0.717) is 5.92 Å². The maximum atomic E-state index is 9.29. The first-order valence-corrected chi connectivity index (χ1v) is 7.06. The monoisotopic (exact) mass is 260 g/mol. The summed E-state index contributed by atoms with van der Waals surface area (Å²) in [6.45, 7) is 4.35. The van der Waals surface area contributed by atoms with Crippen molar-refractivity contribution < 1.29 is 9.63 Å². The highest BCUT2D eigenvalue weighted by Crippen LogP contribution is 2.33. The molecule has 1 atom stereocenters. The molecule has 19 heavy (non-hydrogen) atoms. The molecule has 0 amide bonds. The van der Waals surface area contributed by atoms with E-state index < -0.39 is 0 Å². The van der Waals surface area contributed by atoms with E-state index in [-0.39, 0.29) is 6.61 Å². The second-order valence-corrected chi connectivity index (χ2v) is 5.31. The first-order chi connectivity index (χ1) is 9.33.